The number of ether oxygens (including phenoxy) is 1. The van der Waals surface area contributed by atoms with Crippen molar-refractivity contribution in [3.8, 4) is 5.75 Å². The molecule has 0 aliphatic carbocycles. The molecule has 0 fully saturated rings. The molecule has 1 atom stereocenters. The highest BCUT2D eigenvalue weighted by molar-refractivity contribution is 9.11. The van der Waals surface area contributed by atoms with Gasteiger partial charge in [0.25, 0.3) is 5.91 Å². The number of hydrazone groups is 1. The second-order valence-electron chi connectivity index (χ2n) is 5.11. The first-order valence-electron chi connectivity index (χ1n) is 7.36. The topological polar surface area (TPSA) is 50.7 Å². The Balaban J connectivity index is 1.64. The molecule has 2 aromatic carbocycles. The van der Waals surface area contributed by atoms with Crippen LogP contribution in [-0.4, -0.2) is 18.2 Å². The standard InChI is InChI=1S/C18H15BrN2O2S/c1-12(18(22)21-20-11-14-9-10-17(19)24-14)23-16-8-4-6-13-5-2-3-7-15(13)16/h2-12H,1H3,(H,21,22). The number of nitrogens with zero attached hydrogens (tertiary/aromatic N) is 1. The second kappa shape index (κ2) is 7.59. The Labute approximate surface area is 152 Å². The average molecular weight is 403 g/mol. The van der Waals surface area contributed by atoms with Gasteiger partial charge in [-0.05, 0) is 46.4 Å². The molecule has 0 aliphatic heterocycles. The SMILES string of the molecule is CC(Oc1cccc2ccccc12)C(=O)NN=Cc1ccc(Br)s1. The van der Waals surface area contributed by atoms with Gasteiger partial charge in [-0.3, -0.25) is 4.79 Å². The molecule has 4 nitrogen and oxygen atoms in total. The van der Waals surface area contributed by atoms with E-state index >= 15 is 0 Å². The van der Waals surface area contributed by atoms with Crippen molar-refractivity contribution in [2.24, 2.45) is 5.10 Å². The predicted octanol–water partition coefficient (Wildman–Crippen LogP) is 4.58. The Morgan fingerprint density at radius 3 is 2.79 bits per heavy atom. The highest BCUT2D eigenvalue weighted by atomic mass is 79.9. The molecule has 6 heteroatoms. The lowest BCUT2D eigenvalue weighted by molar-refractivity contribution is -0.127. The third-order valence-corrected chi connectivity index (χ3v) is 4.94. The molecule has 0 spiro atoms. The third-order valence-electron chi connectivity index (χ3n) is 3.38. The van der Waals surface area contributed by atoms with Crippen molar-refractivity contribution in [3.63, 3.8) is 0 Å². The number of nitrogens with one attached hydrogen (secondary N) is 1. The summed E-state index contributed by atoms with van der Waals surface area (Å²) < 4.78 is 6.82. The molecule has 0 saturated heterocycles. The zero-order valence-electron chi connectivity index (χ0n) is 12.9. The highest BCUT2D eigenvalue weighted by Gasteiger charge is 2.15. The summed E-state index contributed by atoms with van der Waals surface area (Å²) in [5.41, 5.74) is 2.51. The van der Waals surface area contributed by atoms with E-state index in [2.05, 4.69) is 26.5 Å². The Hall–Kier alpha value is -2.18. The Kier molecular flexibility index (Phi) is 5.27. The fraction of sp³-hybridized carbons (Fsp3) is 0.111. The number of rotatable bonds is 5. The van der Waals surface area contributed by atoms with Gasteiger partial charge < -0.3 is 4.74 Å². The molecular weight excluding hydrogens is 388 g/mol. The molecule has 0 aliphatic rings. The minimum Gasteiger partial charge on any atom is -0.480 e. The van der Waals surface area contributed by atoms with Gasteiger partial charge >= 0.3 is 0 Å². The van der Waals surface area contributed by atoms with Crippen molar-refractivity contribution in [2.75, 3.05) is 0 Å². The zero-order valence-corrected chi connectivity index (χ0v) is 15.3. The zero-order chi connectivity index (χ0) is 16.9. The minimum absolute atomic E-state index is 0.296. The van der Waals surface area contributed by atoms with Gasteiger partial charge in [0.2, 0.25) is 0 Å². The molecular formula is C18H15BrN2O2S. The van der Waals surface area contributed by atoms with Gasteiger partial charge in [0.15, 0.2) is 6.10 Å². The molecule has 122 valence electrons. The van der Waals surface area contributed by atoms with Crippen LogP contribution in [0.3, 0.4) is 0 Å². The van der Waals surface area contributed by atoms with Gasteiger partial charge in [-0.2, -0.15) is 5.10 Å². The smallest absolute Gasteiger partial charge is 0.280 e. The van der Waals surface area contributed by atoms with Gasteiger partial charge in [-0.1, -0.05) is 36.4 Å². The molecule has 1 amide bonds. The van der Waals surface area contributed by atoms with Crippen LogP contribution in [-0.2, 0) is 4.79 Å². The van der Waals surface area contributed by atoms with Crippen molar-refractivity contribution in [3.05, 3.63) is 63.3 Å². The maximum atomic E-state index is 12.1. The summed E-state index contributed by atoms with van der Waals surface area (Å²) in [6, 6.07) is 17.5. The van der Waals surface area contributed by atoms with Gasteiger partial charge in [-0.25, -0.2) is 5.43 Å². The number of amides is 1. The van der Waals surface area contributed by atoms with Crippen molar-refractivity contribution in [2.45, 2.75) is 13.0 Å². The van der Waals surface area contributed by atoms with Gasteiger partial charge in [0, 0.05) is 10.3 Å². The van der Waals surface area contributed by atoms with E-state index in [-0.39, 0.29) is 5.91 Å². The fourth-order valence-electron chi connectivity index (χ4n) is 2.19. The highest BCUT2D eigenvalue weighted by Crippen LogP contribution is 2.26. The fourth-order valence-corrected chi connectivity index (χ4v) is 3.49. The van der Waals surface area contributed by atoms with Crippen molar-refractivity contribution in [1.29, 1.82) is 0 Å². The molecule has 24 heavy (non-hydrogen) atoms. The van der Waals surface area contributed by atoms with Crippen LogP contribution >= 0.6 is 27.3 Å². The minimum atomic E-state index is -0.650. The molecule has 0 saturated carbocycles. The summed E-state index contributed by atoms with van der Waals surface area (Å²) in [6.45, 7) is 1.70. The first-order valence-corrected chi connectivity index (χ1v) is 8.97. The van der Waals surface area contributed by atoms with E-state index in [0.717, 1.165) is 19.4 Å². The normalized spacial score (nSPS) is 12.4. The van der Waals surface area contributed by atoms with Crippen LogP contribution in [0.25, 0.3) is 10.8 Å². The lowest BCUT2D eigenvalue weighted by Gasteiger charge is -2.14. The quantitative estimate of drug-likeness (QED) is 0.501. The first kappa shape index (κ1) is 16.7. The van der Waals surface area contributed by atoms with E-state index in [9.17, 15) is 4.79 Å². The van der Waals surface area contributed by atoms with Crippen LogP contribution in [0, 0.1) is 0 Å². The summed E-state index contributed by atoms with van der Waals surface area (Å²) in [7, 11) is 0. The van der Waals surface area contributed by atoms with Crippen LogP contribution in [0.1, 0.15) is 11.8 Å². The molecule has 0 radical (unpaired) electrons. The molecule has 1 heterocycles. The predicted molar refractivity (Wildman–Crippen MR) is 102 cm³/mol. The number of fused-ring (bicyclic) bond motifs is 1. The van der Waals surface area contributed by atoms with E-state index < -0.39 is 6.10 Å². The number of benzene rings is 2. The average Bonchev–Trinajstić information content (AvgIpc) is 3.00. The van der Waals surface area contributed by atoms with E-state index in [1.807, 2.05) is 54.6 Å². The first-order chi connectivity index (χ1) is 11.6. The van der Waals surface area contributed by atoms with Crippen molar-refractivity contribution in [1.82, 2.24) is 5.43 Å². The largest absolute Gasteiger partial charge is 0.480 e. The summed E-state index contributed by atoms with van der Waals surface area (Å²) in [6.07, 6.45) is 0.959. The van der Waals surface area contributed by atoms with E-state index in [1.54, 1.807) is 13.1 Å². The van der Waals surface area contributed by atoms with Crippen molar-refractivity contribution < 1.29 is 9.53 Å². The van der Waals surface area contributed by atoms with Crippen molar-refractivity contribution >= 4 is 50.2 Å². The summed E-state index contributed by atoms with van der Waals surface area (Å²) in [4.78, 5) is 13.1. The maximum Gasteiger partial charge on any atom is 0.280 e. The second-order valence-corrected chi connectivity index (χ2v) is 7.61. The van der Waals surface area contributed by atoms with Crippen LogP contribution < -0.4 is 10.2 Å². The van der Waals surface area contributed by atoms with E-state index in [1.165, 1.54) is 11.3 Å². The van der Waals surface area contributed by atoms with Gasteiger partial charge in [0.05, 0.1) is 10.0 Å². The molecule has 1 aromatic heterocycles. The van der Waals surface area contributed by atoms with Crippen LogP contribution in [0.5, 0.6) is 5.75 Å². The van der Waals surface area contributed by atoms with Crippen LogP contribution in [0.4, 0.5) is 0 Å². The molecule has 3 aromatic rings. The molecule has 0 bridgehead atoms. The Morgan fingerprint density at radius 1 is 1.21 bits per heavy atom. The van der Waals surface area contributed by atoms with E-state index in [4.69, 9.17) is 4.74 Å². The Bertz CT molecular complexity index is 886. The summed E-state index contributed by atoms with van der Waals surface area (Å²) >= 11 is 4.92. The lowest BCUT2D eigenvalue weighted by Crippen LogP contribution is -2.33. The van der Waals surface area contributed by atoms with Crippen LogP contribution in [0.2, 0.25) is 0 Å². The number of hydrogen-bond donors (Lipinski definition) is 1. The number of halogens is 1. The molecule has 1 unspecified atom stereocenters. The van der Waals surface area contributed by atoms with E-state index in [0.29, 0.717) is 5.75 Å². The summed E-state index contributed by atoms with van der Waals surface area (Å²) in [5, 5.41) is 6.02. The number of carbonyl (C=O) groups excluding carboxylic acids is 1. The van der Waals surface area contributed by atoms with Gasteiger partial charge in [-0.15, -0.1) is 11.3 Å². The lowest BCUT2D eigenvalue weighted by atomic mass is 10.1. The number of carbonyl (C=O) groups is 1. The molecule has 3 rings (SSSR count). The van der Waals surface area contributed by atoms with Gasteiger partial charge in [0.1, 0.15) is 5.75 Å². The Morgan fingerprint density at radius 2 is 2.00 bits per heavy atom. The third kappa shape index (κ3) is 4.01. The summed E-state index contributed by atoms with van der Waals surface area (Å²) in [5.74, 6) is 0.386. The number of thiophene rings is 1. The van der Waals surface area contributed by atoms with Crippen LogP contribution in [0.15, 0.2) is 63.5 Å². The number of hydrogen-bond acceptors (Lipinski definition) is 4. The molecule has 1 N–H and O–H groups in total. The monoisotopic (exact) mass is 402 g/mol. The maximum absolute atomic E-state index is 12.1.